The van der Waals surface area contributed by atoms with Gasteiger partial charge in [-0.15, -0.1) is 0 Å². The van der Waals surface area contributed by atoms with Gasteiger partial charge in [0.05, 0.1) is 19.2 Å². The van der Waals surface area contributed by atoms with Crippen LogP contribution in [0.3, 0.4) is 0 Å². The molecule has 4 heteroatoms. The van der Waals surface area contributed by atoms with Crippen LogP contribution in [0.1, 0.15) is 46.0 Å². The predicted molar refractivity (Wildman–Crippen MR) is 105 cm³/mol. The van der Waals surface area contributed by atoms with Gasteiger partial charge in [-0.25, -0.2) is 0 Å². The Morgan fingerprint density at radius 3 is 2.36 bits per heavy atom. The zero-order valence-corrected chi connectivity index (χ0v) is 16.0. The highest BCUT2D eigenvalue weighted by atomic mass is 16.5. The topological polar surface area (TPSA) is 34.6 Å². The number of aromatic nitrogens is 1. The van der Waals surface area contributed by atoms with Gasteiger partial charge in [-0.1, -0.05) is 32.8 Å². The van der Waals surface area contributed by atoms with E-state index in [0.29, 0.717) is 6.61 Å². The van der Waals surface area contributed by atoms with Crippen LogP contribution in [0.25, 0.3) is 10.9 Å². The first-order chi connectivity index (χ1) is 12.3. The third kappa shape index (κ3) is 6.20. The molecule has 0 amide bonds. The molecule has 0 bridgehead atoms. The summed E-state index contributed by atoms with van der Waals surface area (Å²) < 4.78 is 11.5. The number of unbranched alkanes of at least 4 members (excludes halogenated alkanes) is 2. The minimum Gasteiger partial charge on any atom is -0.493 e. The number of benzene rings is 1. The van der Waals surface area contributed by atoms with Crippen molar-refractivity contribution in [3.63, 3.8) is 0 Å². The second-order valence-corrected chi connectivity index (χ2v) is 6.45. The molecule has 0 aliphatic carbocycles. The van der Waals surface area contributed by atoms with Gasteiger partial charge in [0.2, 0.25) is 0 Å². The maximum Gasteiger partial charge on any atom is 0.163 e. The van der Waals surface area contributed by atoms with Crippen molar-refractivity contribution in [2.24, 2.45) is 0 Å². The summed E-state index contributed by atoms with van der Waals surface area (Å²) in [6, 6.07) is 7.93. The molecule has 0 radical (unpaired) electrons. The van der Waals surface area contributed by atoms with Crippen molar-refractivity contribution >= 4 is 10.9 Å². The molecule has 0 N–H and O–H groups in total. The van der Waals surface area contributed by atoms with Gasteiger partial charge in [-0.3, -0.25) is 4.98 Å². The van der Waals surface area contributed by atoms with E-state index in [9.17, 15) is 0 Å². The van der Waals surface area contributed by atoms with Crippen LogP contribution in [0.4, 0.5) is 0 Å². The first-order valence-corrected chi connectivity index (χ1v) is 9.56. The molecule has 0 unspecified atom stereocenters. The molecule has 1 aromatic heterocycles. The van der Waals surface area contributed by atoms with Crippen LogP contribution in [-0.4, -0.2) is 43.2 Å². The Kier molecular flexibility index (Phi) is 8.53. The Morgan fingerprint density at radius 1 is 0.960 bits per heavy atom. The van der Waals surface area contributed by atoms with Crippen LogP contribution in [-0.2, 0) is 0 Å². The summed E-state index contributed by atoms with van der Waals surface area (Å²) in [5, 5.41) is 1.07. The van der Waals surface area contributed by atoms with E-state index in [1.165, 1.54) is 38.8 Å². The third-order valence-electron chi connectivity index (χ3n) is 4.42. The van der Waals surface area contributed by atoms with E-state index < -0.39 is 0 Å². The van der Waals surface area contributed by atoms with E-state index in [1.807, 2.05) is 24.3 Å². The van der Waals surface area contributed by atoms with Crippen LogP contribution in [0.15, 0.2) is 30.5 Å². The minimum absolute atomic E-state index is 0.698. The molecule has 138 valence electrons. The lowest BCUT2D eigenvalue weighted by Gasteiger charge is -2.22. The maximum absolute atomic E-state index is 6.00. The SMILES string of the molecule is CCCCN(CCCC)CCCOc1cc2ncccc2cc1OC. The molecule has 0 saturated heterocycles. The zero-order valence-electron chi connectivity index (χ0n) is 16.0. The fraction of sp³-hybridized carbons (Fsp3) is 0.571. The molecule has 0 aliphatic rings. The first kappa shape index (κ1) is 19.5. The van der Waals surface area contributed by atoms with E-state index in [2.05, 4.69) is 23.7 Å². The number of fused-ring (bicyclic) bond motifs is 1. The second-order valence-electron chi connectivity index (χ2n) is 6.45. The van der Waals surface area contributed by atoms with Gasteiger partial charge < -0.3 is 14.4 Å². The molecule has 0 fully saturated rings. The smallest absolute Gasteiger partial charge is 0.163 e. The molecular weight excluding hydrogens is 312 g/mol. The Hall–Kier alpha value is -1.81. The fourth-order valence-electron chi connectivity index (χ4n) is 2.92. The molecule has 1 heterocycles. The van der Waals surface area contributed by atoms with Gasteiger partial charge in [0.25, 0.3) is 0 Å². The van der Waals surface area contributed by atoms with Crippen LogP contribution < -0.4 is 9.47 Å². The van der Waals surface area contributed by atoms with E-state index in [0.717, 1.165) is 35.4 Å². The Bertz CT molecular complexity index is 622. The normalized spacial score (nSPS) is 11.2. The summed E-state index contributed by atoms with van der Waals surface area (Å²) in [4.78, 5) is 6.96. The number of hydrogen-bond acceptors (Lipinski definition) is 4. The van der Waals surface area contributed by atoms with Crippen molar-refractivity contribution in [3.05, 3.63) is 30.5 Å². The lowest BCUT2D eigenvalue weighted by atomic mass is 10.2. The van der Waals surface area contributed by atoms with Crippen molar-refractivity contribution in [2.75, 3.05) is 33.4 Å². The summed E-state index contributed by atoms with van der Waals surface area (Å²) >= 11 is 0. The molecule has 0 aliphatic heterocycles. The van der Waals surface area contributed by atoms with Crippen LogP contribution in [0, 0.1) is 0 Å². The summed E-state index contributed by atoms with van der Waals surface area (Å²) in [5.41, 5.74) is 0.936. The molecule has 0 atom stereocenters. The largest absolute Gasteiger partial charge is 0.493 e. The van der Waals surface area contributed by atoms with Crippen molar-refractivity contribution in [1.82, 2.24) is 9.88 Å². The Labute approximate surface area is 152 Å². The quantitative estimate of drug-likeness (QED) is 0.512. The number of hydrogen-bond donors (Lipinski definition) is 0. The second kappa shape index (κ2) is 10.9. The Morgan fingerprint density at radius 2 is 1.68 bits per heavy atom. The maximum atomic E-state index is 6.00. The summed E-state index contributed by atoms with van der Waals surface area (Å²) in [7, 11) is 1.68. The van der Waals surface area contributed by atoms with Crippen molar-refractivity contribution in [3.8, 4) is 11.5 Å². The van der Waals surface area contributed by atoms with Gasteiger partial charge in [0, 0.05) is 24.2 Å². The van der Waals surface area contributed by atoms with Crippen molar-refractivity contribution < 1.29 is 9.47 Å². The molecule has 1 aromatic carbocycles. The average molecular weight is 344 g/mol. The molecule has 2 rings (SSSR count). The van der Waals surface area contributed by atoms with Gasteiger partial charge in [0.1, 0.15) is 0 Å². The number of methoxy groups -OCH3 is 1. The minimum atomic E-state index is 0.698. The van der Waals surface area contributed by atoms with Crippen LogP contribution in [0.2, 0.25) is 0 Å². The van der Waals surface area contributed by atoms with E-state index >= 15 is 0 Å². The van der Waals surface area contributed by atoms with Crippen molar-refractivity contribution in [2.45, 2.75) is 46.0 Å². The third-order valence-corrected chi connectivity index (χ3v) is 4.42. The summed E-state index contributed by atoms with van der Waals surface area (Å²) in [6.07, 6.45) is 7.87. The van der Waals surface area contributed by atoms with Gasteiger partial charge in [-0.05, 0) is 44.5 Å². The fourth-order valence-corrected chi connectivity index (χ4v) is 2.92. The lowest BCUT2D eigenvalue weighted by molar-refractivity contribution is 0.225. The van der Waals surface area contributed by atoms with Gasteiger partial charge in [0.15, 0.2) is 11.5 Å². The number of nitrogens with zero attached hydrogens (tertiary/aromatic N) is 2. The van der Waals surface area contributed by atoms with Crippen molar-refractivity contribution in [1.29, 1.82) is 0 Å². The number of pyridine rings is 1. The van der Waals surface area contributed by atoms with Crippen LogP contribution >= 0.6 is 0 Å². The van der Waals surface area contributed by atoms with Gasteiger partial charge >= 0.3 is 0 Å². The number of rotatable bonds is 12. The highest BCUT2D eigenvalue weighted by Crippen LogP contribution is 2.31. The zero-order chi connectivity index (χ0) is 17.9. The van der Waals surface area contributed by atoms with Crippen LogP contribution in [0.5, 0.6) is 11.5 Å². The highest BCUT2D eigenvalue weighted by molar-refractivity contribution is 5.82. The van der Waals surface area contributed by atoms with E-state index in [1.54, 1.807) is 13.3 Å². The van der Waals surface area contributed by atoms with E-state index in [-0.39, 0.29) is 0 Å². The molecule has 0 saturated carbocycles. The molecule has 25 heavy (non-hydrogen) atoms. The van der Waals surface area contributed by atoms with Gasteiger partial charge in [-0.2, -0.15) is 0 Å². The molecule has 0 spiro atoms. The van der Waals surface area contributed by atoms with E-state index in [4.69, 9.17) is 9.47 Å². The highest BCUT2D eigenvalue weighted by Gasteiger charge is 2.08. The average Bonchev–Trinajstić information content (AvgIpc) is 2.65. The monoisotopic (exact) mass is 344 g/mol. The molecule has 4 nitrogen and oxygen atoms in total. The summed E-state index contributed by atoms with van der Waals surface area (Å²) in [5.74, 6) is 1.55. The predicted octanol–water partition coefficient (Wildman–Crippen LogP) is 4.91. The first-order valence-electron chi connectivity index (χ1n) is 9.56. The standard InChI is InChI=1S/C21H32N2O2/c1-4-6-12-23(13-7-5-2)14-9-15-25-21-17-19-18(10-8-11-22-19)16-20(21)24-3/h8,10-11,16-17H,4-7,9,12-15H2,1-3H3. The number of ether oxygens (including phenoxy) is 2. The molecule has 2 aromatic rings. The lowest BCUT2D eigenvalue weighted by Crippen LogP contribution is -2.28. The summed E-state index contributed by atoms with van der Waals surface area (Å²) in [6.45, 7) is 8.68. The molecular formula is C21H32N2O2. The Balaban J connectivity index is 1.88.